The van der Waals surface area contributed by atoms with Crippen LogP contribution < -0.4 is 0 Å². The quantitative estimate of drug-likeness (QED) is 0.530. The summed E-state index contributed by atoms with van der Waals surface area (Å²) in [5.41, 5.74) is 0. The van der Waals surface area contributed by atoms with E-state index in [-0.39, 0.29) is 0 Å². The molecule has 11 heavy (non-hydrogen) atoms. The van der Waals surface area contributed by atoms with Gasteiger partial charge in [-0.3, -0.25) is 4.90 Å². The Balaban J connectivity index is 3.84. The van der Waals surface area contributed by atoms with Crippen LogP contribution in [0.4, 0.5) is 0 Å². The normalized spacial score (nSPS) is 13.0. The van der Waals surface area contributed by atoms with Gasteiger partial charge in [0.1, 0.15) is 0 Å². The molecule has 0 aliphatic carbocycles. The van der Waals surface area contributed by atoms with Crippen LogP contribution in [0.3, 0.4) is 0 Å². The van der Waals surface area contributed by atoms with Crippen molar-refractivity contribution in [1.82, 2.24) is 4.90 Å². The summed E-state index contributed by atoms with van der Waals surface area (Å²) in [5, 5.41) is 0. The molecule has 0 aliphatic heterocycles. The number of nitrogens with zero attached hydrogens (tertiary/aromatic N) is 1. The molecule has 0 aromatic rings. The third-order valence-electron chi connectivity index (χ3n) is 1.94. The largest absolute Gasteiger partial charge is 0.293 e. The molecular formula is C10H19N. The van der Waals surface area contributed by atoms with Crippen molar-refractivity contribution in [3.05, 3.63) is 25.3 Å². The molecule has 0 aromatic carbocycles. The second kappa shape index (κ2) is 6.17. The highest BCUT2D eigenvalue weighted by atomic mass is 15.1. The van der Waals surface area contributed by atoms with Gasteiger partial charge in [-0.15, -0.1) is 13.2 Å². The van der Waals surface area contributed by atoms with Crippen LogP contribution in [0.25, 0.3) is 0 Å². The van der Waals surface area contributed by atoms with Gasteiger partial charge in [-0.2, -0.15) is 0 Å². The summed E-state index contributed by atoms with van der Waals surface area (Å²) >= 11 is 0. The van der Waals surface area contributed by atoms with Gasteiger partial charge < -0.3 is 0 Å². The third-order valence-corrected chi connectivity index (χ3v) is 1.94. The fourth-order valence-electron chi connectivity index (χ4n) is 1.02. The fraction of sp³-hybridized carbons (Fsp3) is 0.600. The van der Waals surface area contributed by atoms with Crippen molar-refractivity contribution in [1.29, 1.82) is 0 Å². The lowest BCUT2D eigenvalue weighted by atomic mass is 10.2. The number of hydrogen-bond donors (Lipinski definition) is 0. The van der Waals surface area contributed by atoms with Crippen molar-refractivity contribution in [2.75, 3.05) is 13.1 Å². The summed E-state index contributed by atoms with van der Waals surface area (Å²) in [6.45, 7) is 13.8. The summed E-state index contributed by atoms with van der Waals surface area (Å²) in [7, 11) is 0. The van der Waals surface area contributed by atoms with Gasteiger partial charge in [0.2, 0.25) is 0 Å². The predicted molar refractivity (Wildman–Crippen MR) is 51.7 cm³/mol. The van der Waals surface area contributed by atoms with Gasteiger partial charge in [-0.25, -0.2) is 0 Å². The highest BCUT2D eigenvalue weighted by Gasteiger charge is 2.06. The Labute approximate surface area is 70.4 Å². The maximum atomic E-state index is 3.72. The molecule has 1 nitrogen and oxygen atoms in total. The van der Waals surface area contributed by atoms with Gasteiger partial charge in [0.25, 0.3) is 0 Å². The minimum Gasteiger partial charge on any atom is -0.293 e. The van der Waals surface area contributed by atoms with Crippen LogP contribution in [0, 0.1) is 0 Å². The molecular weight excluding hydrogens is 134 g/mol. The van der Waals surface area contributed by atoms with Crippen LogP contribution in [0.15, 0.2) is 25.3 Å². The molecule has 0 rings (SSSR count). The number of rotatable bonds is 6. The van der Waals surface area contributed by atoms with E-state index in [4.69, 9.17) is 0 Å². The SMILES string of the molecule is C=CCN(CC=C)[C@@H](C)CC. The highest BCUT2D eigenvalue weighted by Crippen LogP contribution is 2.02. The van der Waals surface area contributed by atoms with E-state index in [9.17, 15) is 0 Å². The lowest BCUT2D eigenvalue weighted by molar-refractivity contribution is 0.250. The van der Waals surface area contributed by atoms with E-state index in [1.807, 2.05) is 12.2 Å². The maximum Gasteiger partial charge on any atom is 0.0166 e. The summed E-state index contributed by atoms with van der Waals surface area (Å²) < 4.78 is 0. The molecule has 0 unspecified atom stereocenters. The van der Waals surface area contributed by atoms with E-state index in [0.29, 0.717) is 6.04 Å². The lowest BCUT2D eigenvalue weighted by Gasteiger charge is -2.25. The van der Waals surface area contributed by atoms with E-state index in [2.05, 4.69) is 31.9 Å². The van der Waals surface area contributed by atoms with Crippen LogP contribution in [0.2, 0.25) is 0 Å². The number of hydrogen-bond acceptors (Lipinski definition) is 1. The first-order valence-electron chi connectivity index (χ1n) is 4.22. The summed E-state index contributed by atoms with van der Waals surface area (Å²) in [5.74, 6) is 0. The standard InChI is InChI=1S/C10H19N/c1-5-8-11(9-6-2)10(4)7-3/h5-6,10H,1-2,7-9H2,3-4H3/t10-/m0/s1. The fourth-order valence-corrected chi connectivity index (χ4v) is 1.02. The molecule has 0 bridgehead atoms. The molecule has 0 N–H and O–H groups in total. The van der Waals surface area contributed by atoms with Crippen LogP contribution in [0.1, 0.15) is 20.3 Å². The predicted octanol–water partition coefficient (Wildman–Crippen LogP) is 2.46. The van der Waals surface area contributed by atoms with Gasteiger partial charge in [0.15, 0.2) is 0 Å². The zero-order chi connectivity index (χ0) is 8.69. The van der Waals surface area contributed by atoms with Crippen LogP contribution in [-0.2, 0) is 0 Å². The first-order valence-corrected chi connectivity index (χ1v) is 4.22. The highest BCUT2D eigenvalue weighted by molar-refractivity contribution is 4.82. The minimum atomic E-state index is 0.631. The van der Waals surface area contributed by atoms with E-state index in [0.717, 1.165) is 13.1 Å². The molecule has 0 fully saturated rings. The van der Waals surface area contributed by atoms with E-state index in [1.54, 1.807) is 0 Å². The molecule has 0 spiro atoms. The van der Waals surface area contributed by atoms with Gasteiger partial charge in [0.05, 0.1) is 0 Å². The average molecular weight is 153 g/mol. The van der Waals surface area contributed by atoms with Crippen molar-refractivity contribution in [2.24, 2.45) is 0 Å². The molecule has 0 aromatic heterocycles. The zero-order valence-electron chi connectivity index (χ0n) is 7.71. The van der Waals surface area contributed by atoms with Gasteiger partial charge >= 0.3 is 0 Å². The smallest absolute Gasteiger partial charge is 0.0166 e. The minimum absolute atomic E-state index is 0.631. The van der Waals surface area contributed by atoms with Crippen LogP contribution in [0.5, 0.6) is 0 Å². The Kier molecular flexibility index (Phi) is 5.86. The summed E-state index contributed by atoms with van der Waals surface area (Å²) in [6.07, 6.45) is 5.06. The molecule has 0 saturated carbocycles. The zero-order valence-corrected chi connectivity index (χ0v) is 7.71. The van der Waals surface area contributed by atoms with E-state index >= 15 is 0 Å². The van der Waals surface area contributed by atoms with Gasteiger partial charge in [-0.1, -0.05) is 19.1 Å². The molecule has 64 valence electrons. The van der Waals surface area contributed by atoms with Crippen molar-refractivity contribution < 1.29 is 0 Å². The topological polar surface area (TPSA) is 3.24 Å². The van der Waals surface area contributed by atoms with Crippen molar-refractivity contribution >= 4 is 0 Å². The molecule has 0 amide bonds. The van der Waals surface area contributed by atoms with Crippen molar-refractivity contribution in [3.63, 3.8) is 0 Å². The molecule has 1 heteroatoms. The van der Waals surface area contributed by atoms with Crippen molar-refractivity contribution in [2.45, 2.75) is 26.3 Å². The first kappa shape index (κ1) is 10.4. The van der Waals surface area contributed by atoms with E-state index < -0.39 is 0 Å². The van der Waals surface area contributed by atoms with Crippen LogP contribution in [-0.4, -0.2) is 24.0 Å². The van der Waals surface area contributed by atoms with Crippen molar-refractivity contribution in [3.8, 4) is 0 Å². The Hall–Kier alpha value is -0.560. The third kappa shape index (κ3) is 3.99. The van der Waals surface area contributed by atoms with E-state index in [1.165, 1.54) is 6.42 Å². The van der Waals surface area contributed by atoms with Gasteiger partial charge in [0, 0.05) is 19.1 Å². The Morgan fingerprint density at radius 3 is 2.00 bits per heavy atom. The van der Waals surface area contributed by atoms with Gasteiger partial charge in [-0.05, 0) is 13.3 Å². The molecule has 1 atom stereocenters. The molecule has 0 saturated heterocycles. The lowest BCUT2D eigenvalue weighted by Crippen LogP contribution is -2.32. The summed E-state index contributed by atoms with van der Waals surface area (Å²) in [6, 6.07) is 0.631. The second-order valence-corrected chi connectivity index (χ2v) is 2.79. The molecule has 0 aliphatic rings. The van der Waals surface area contributed by atoms with Crippen LogP contribution >= 0.6 is 0 Å². The summed E-state index contributed by atoms with van der Waals surface area (Å²) in [4.78, 5) is 2.35. The molecule has 0 heterocycles. The Bertz CT molecular complexity index is 108. The Morgan fingerprint density at radius 2 is 1.73 bits per heavy atom. The maximum absolute atomic E-state index is 3.72. The first-order chi connectivity index (χ1) is 5.26. The molecule has 0 radical (unpaired) electrons. The average Bonchev–Trinajstić information content (AvgIpc) is 2.03. The Morgan fingerprint density at radius 1 is 1.27 bits per heavy atom. The monoisotopic (exact) mass is 153 g/mol. The second-order valence-electron chi connectivity index (χ2n) is 2.79.